The summed E-state index contributed by atoms with van der Waals surface area (Å²) in [4.78, 5) is 26.7. The topological polar surface area (TPSA) is 77.1 Å². The van der Waals surface area contributed by atoms with E-state index < -0.39 is 5.60 Å². The lowest BCUT2D eigenvalue weighted by Crippen LogP contribution is -2.42. The minimum Gasteiger partial charge on any atom is -0.494 e. The Hall–Kier alpha value is -3.06. The first-order chi connectivity index (χ1) is 17.2. The standard InChI is InChI=1S/C29H40N2O5/c1-22-20-24(34-18-11-6-5-10-16-30-28(33)36-29(2,3)4)14-15-25(22)27(32)31-17-19-35-26(21-31)23-12-8-7-9-13-23/h7-9,12-15,20,26H,5-6,10-11,16-19,21H2,1-4H3,(H,30,33). The zero-order valence-electron chi connectivity index (χ0n) is 22.0. The zero-order valence-corrected chi connectivity index (χ0v) is 22.0. The molecule has 0 bridgehead atoms. The Labute approximate surface area is 215 Å². The highest BCUT2D eigenvalue weighted by Crippen LogP contribution is 2.25. The lowest BCUT2D eigenvalue weighted by Gasteiger charge is -2.33. The summed E-state index contributed by atoms with van der Waals surface area (Å²) in [6.45, 7) is 10.4. The van der Waals surface area contributed by atoms with Crippen LogP contribution in [0.5, 0.6) is 5.75 Å². The number of carbonyl (C=O) groups excluding carboxylic acids is 2. The number of carbonyl (C=O) groups is 2. The molecular weight excluding hydrogens is 456 g/mol. The van der Waals surface area contributed by atoms with Gasteiger partial charge in [-0.2, -0.15) is 0 Å². The van der Waals surface area contributed by atoms with E-state index in [-0.39, 0.29) is 18.1 Å². The normalized spacial score (nSPS) is 15.9. The predicted octanol–water partition coefficient (Wildman–Crippen LogP) is 5.67. The van der Waals surface area contributed by atoms with Gasteiger partial charge < -0.3 is 24.4 Å². The van der Waals surface area contributed by atoms with Crippen LogP contribution >= 0.6 is 0 Å². The summed E-state index contributed by atoms with van der Waals surface area (Å²) >= 11 is 0. The Morgan fingerprint density at radius 1 is 1.06 bits per heavy atom. The first kappa shape index (κ1) is 27.5. The van der Waals surface area contributed by atoms with Crippen LogP contribution in [0.25, 0.3) is 0 Å². The van der Waals surface area contributed by atoms with Gasteiger partial charge in [0.15, 0.2) is 0 Å². The van der Waals surface area contributed by atoms with Crippen LogP contribution in [-0.4, -0.2) is 55.3 Å². The average molecular weight is 497 g/mol. The van der Waals surface area contributed by atoms with E-state index in [0.717, 1.165) is 42.6 Å². The largest absolute Gasteiger partial charge is 0.494 e. The van der Waals surface area contributed by atoms with Crippen LogP contribution in [0.15, 0.2) is 48.5 Å². The molecule has 1 aliphatic rings. The molecule has 2 amide bonds. The van der Waals surface area contributed by atoms with Crippen LogP contribution in [-0.2, 0) is 9.47 Å². The van der Waals surface area contributed by atoms with Gasteiger partial charge in [-0.05, 0) is 69.9 Å². The van der Waals surface area contributed by atoms with Gasteiger partial charge in [-0.3, -0.25) is 4.79 Å². The molecule has 1 N–H and O–H groups in total. The first-order valence-corrected chi connectivity index (χ1v) is 12.9. The van der Waals surface area contributed by atoms with Crippen molar-refractivity contribution in [3.8, 4) is 5.75 Å². The second kappa shape index (κ2) is 13.3. The van der Waals surface area contributed by atoms with Crippen molar-refractivity contribution in [3.05, 3.63) is 65.2 Å². The van der Waals surface area contributed by atoms with Crippen LogP contribution in [0.1, 0.15) is 74.0 Å². The molecule has 2 aromatic rings. The molecule has 1 atom stereocenters. The van der Waals surface area contributed by atoms with E-state index in [1.807, 2.05) is 81.1 Å². The molecule has 0 spiro atoms. The highest BCUT2D eigenvalue weighted by atomic mass is 16.6. The van der Waals surface area contributed by atoms with Gasteiger partial charge in [0.1, 0.15) is 17.5 Å². The van der Waals surface area contributed by atoms with Gasteiger partial charge in [0.05, 0.1) is 19.8 Å². The molecule has 196 valence electrons. The molecule has 3 rings (SSSR count). The molecule has 7 nitrogen and oxygen atoms in total. The van der Waals surface area contributed by atoms with Crippen LogP contribution < -0.4 is 10.1 Å². The second-order valence-electron chi connectivity index (χ2n) is 10.2. The summed E-state index contributed by atoms with van der Waals surface area (Å²) in [5, 5.41) is 2.78. The maximum Gasteiger partial charge on any atom is 0.407 e. The van der Waals surface area contributed by atoms with Crippen LogP contribution in [0.3, 0.4) is 0 Å². The fourth-order valence-corrected chi connectivity index (χ4v) is 4.11. The number of amides is 2. The number of benzene rings is 2. The summed E-state index contributed by atoms with van der Waals surface area (Å²) in [5.41, 5.74) is 2.23. The van der Waals surface area contributed by atoms with Gasteiger partial charge in [0.2, 0.25) is 0 Å². The molecule has 0 saturated carbocycles. The average Bonchev–Trinajstić information content (AvgIpc) is 2.85. The van der Waals surface area contributed by atoms with E-state index in [4.69, 9.17) is 14.2 Å². The minimum atomic E-state index is -0.473. The Balaban J connectivity index is 1.37. The summed E-state index contributed by atoms with van der Waals surface area (Å²) in [6.07, 6.45) is 3.40. The van der Waals surface area contributed by atoms with E-state index in [2.05, 4.69) is 5.32 Å². The van der Waals surface area contributed by atoms with Crippen molar-refractivity contribution >= 4 is 12.0 Å². The van der Waals surface area contributed by atoms with Crippen LogP contribution in [0, 0.1) is 6.92 Å². The van der Waals surface area contributed by atoms with Gasteiger partial charge in [0, 0.05) is 18.7 Å². The summed E-state index contributed by atoms with van der Waals surface area (Å²) in [5.74, 6) is 0.808. The van der Waals surface area contributed by atoms with Crippen LogP contribution in [0.4, 0.5) is 4.79 Å². The van der Waals surface area contributed by atoms with E-state index in [1.165, 1.54) is 0 Å². The summed E-state index contributed by atoms with van der Waals surface area (Å²) in [7, 11) is 0. The molecular formula is C29H40N2O5. The number of ether oxygens (including phenoxy) is 3. The third-order valence-corrected chi connectivity index (χ3v) is 5.96. The number of hydrogen-bond acceptors (Lipinski definition) is 5. The maximum absolute atomic E-state index is 13.2. The van der Waals surface area contributed by atoms with Crippen molar-refractivity contribution in [1.82, 2.24) is 10.2 Å². The monoisotopic (exact) mass is 496 g/mol. The smallest absolute Gasteiger partial charge is 0.407 e. The van der Waals surface area contributed by atoms with Crippen molar-refractivity contribution in [2.45, 2.75) is 65.1 Å². The van der Waals surface area contributed by atoms with Gasteiger partial charge >= 0.3 is 6.09 Å². The molecule has 1 saturated heterocycles. The fourth-order valence-electron chi connectivity index (χ4n) is 4.11. The van der Waals surface area contributed by atoms with E-state index in [1.54, 1.807) is 0 Å². The highest BCUT2D eigenvalue weighted by molar-refractivity contribution is 5.96. The Morgan fingerprint density at radius 3 is 2.53 bits per heavy atom. The summed E-state index contributed by atoms with van der Waals surface area (Å²) in [6, 6.07) is 15.7. The number of unbranched alkanes of at least 4 members (excludes halogenated alkanes) is 3. The molecule has 0 radical (unpaired) electrons. The second-order valence-corrected chi connectivity index (χ2v) is 10.2. The number of rotatable bonds is 10. The predicted molar refractivity (Wildman–Crippen MR) is 140 cm³/mol. The maximum atomic E-state index is 13.2. The van der Waals surface area contributed by atoms with Gasteiger partial charge in [0.25, 0.3) is 5.91 Å². The quantitative estimate of drug-likeness (QED) is 0.429. The van der Waals surface area contributed by atoms with E-state index >= 15 is 0 Å². The number of nitrogens with zero attached hydrogens (tertiary/aromatic N) is 1. The molecule has 0 aromatic heterocycles. The van der Waals surface area contributed by atoms with Crippen molar-refractivity contribution < 1.29 is 23.8 Å². The number of alkyl carbamates (subject to hydrolysis) is 1. The highest BCUT2D eigenvalue weighted by Gasteiger charge is 2.27. The van der Waals surface area contributed by atoms with Crippen molar-refractivity contribution in [3.63, 3.8) is 0 Å². The molecule has 1 fully saturated rings. The van der Waals surface area contributed by atoms with Crippen molar-refractivity contribution in [2.24, 2.45) is 0 Å². The van der Waals surface area contributed by atoms with E-state index in [9.17, 15) is 9.59 Å². The third kappa shape index (κ3) is 8.86. The fraction of sp³-hybridized carbons (Fsp3) is 0.517. The zero-order chi connectivity index (χ0) is 26.0. The molecule has 2 aromatic carbocycles. The van der Waals surface area contributed by atoms with Gasteiger partial charge in [-0.15, -0.1) is 0 Å². The number of morpholine rings is 1. The van der Waals surface area contributed by atoms with Gasteiger partial charge in [-0.1, -0.05) is 43.2 Å². The van der Waals surface area contributed by atoms with Crippen molar-refractivity contribution in [1.29, 1.82) is 0 Å². The number of aryl methyl sites for hydroxylation is 1. The molecule has 0 aliphatic carbocycles. The first-order valence-electron chi connectivity index (χ1n) is 12.9. The minimum absolute atomic E-state index is 0.0308. The SMILES string of the molecule is Cc1cc(OCCCCCCNC(=O)OC(C)(C)C)ccc1C(=O)N1CCOC(c2ccccc2)C1. The number of hydrogen-bond donors (Lipinski definition) is 1. The molecule has 1 aliphatic heterocycles. The molecule has 36 heavy (non-hydrogen) atoms. The lowest BCUT2D eigenvalue weighted by molar-refractivity contribution is -0.0228. The third-order valence-electron chi connectivity index (χ3n) is 5.96. The molecule has 1 unspecified atom stereocenters. The Bertz CT molecular complexity index is 987. The lowest BCUT2D eigenvalue weighted by atomic mass is 10.0. The van der Waals surface area contributed by atoms with Gasteiger partial charge in [-0.25, -0.2) is 4.79 Å². The Kier molecular flexibility index (Phi) is 10.2. The Morgan fingerprint density at radius 2 is 1.81 bits per heavy atom. The summed E-state index contributed by atoms with van der Waals surface area (Å²) < 4.78 is 17.0. The number of nitrogens with one attached hydrogen (secondary N) is 1. The van der Waals surface area contributed by atoms with E-state index in [0.29, 0.717) is 38.4 Å². The van der Waals surface area contributed by atoms with Crippen LogP contribution in [0.2, 0.25) is 0 Å². The molecule has 1 heterocycles. The van der Waals surface area contributed by atoms with Crippen molar-refractivity contribution in [2.75, 3.05) is 32.8 Å². The molecule has 7 heteroatoms.